The zero-order valence-corrected chi connectivity index (χ0v) is 15.8. The molecule has 0 saturated carbocycles. The fourth-order valence-electron chi connectivity index (χ4n) is 2.47. The summed E-state index contributed by atoms with van der Waals surface area (Å²) in [6.45, 7) is 4.59. The molecule has 0 spiro atoms. The molecular weight excluding hydrogens is 326 g/mol. The summed E-state index contributed by atoms with van der Waals surface area (Å²) in [7, 11) is 5.48. The SMILES string of the molecule is CCCCN(C)CC(=O)OC1CC(=O)CN(C)CCN(C)CC(=O)O1. The summed E-state index contributed by atoms with van der Waals surface area (Å²) in [5, 5.41) is 0. The van der Waals surface area contributed by atoms with Crippen LogP contribution in [-0.4, -0.2) is 99.1 Å². The molecule has 0 amide bonds. The van der Waals surface area contributed by atoms with Gasteiger partial charge in [0.15, 0.2) is 5.78 Å². The van der Waals surface area contributed by atoms with Crippen LogP contribution < -0.4 is 0 Å². The zero-order valence-electron chi connectivity index (χ0n) is 15.8. The molecule has 1 atom stereocenters. The summed E-state index contributed by atoms with van der Waals surface area (Å²) >= 11 is 0. The van der Waals surface area contributed by atoms with Gasteiger partial charge < -0.3 is 9.47 Å². The number of Topliss-reactive ketones (excluding diaryl/α,β-unsaturated/α-hetero) is 1. The number of unbranched alkanes of at least 4 members (excludes halogenated alkanes) is 1. The average Bonchev–Trinajstić information content (AvgIpc) is 2.51. The van der Waals surface area contributed by atoms with Crippen molar-refractivity contribution in [3.05, 3.63) is 0 Å². The van der Waals surface area contributed by atoms with Gasteiger partial charge in [-0.05, 0) is 34.1 Å². The Balaban J connectivity index is 2.64. The second-order valence-electron chi connectivity index (χ2n) is 6.72. The van der Waals surface area contributed by atoms with Gasteiger partial charge in [-0.2, -0.15) is 0 Å². The Bertz CT molecular complexity index is 432. The number of carbonyl (C=O) groups excluding carboxylic acids is 3. The van der Waals surface area contributed by atoms with Crippen LogP contribution in [0.25, 0.3) is 0 Å². The van der Waals surface area contributed by atoms with Crippen molar-refractivity contribution in [2.45, 2.75) is 32.5 Å². The van der Waals surface area contributed by atoms with E-state index in [4.69, 9.17) is 9.47 Å². The Morgan fingerprint density at radius 1 is 1.24 bits per heavy atom. The summed E-state index contributed by atoms with van der Waals surface area (Å²) in [6, 6.07) is 0. The van der Waals surface area contributed by atoms with E-state index >= 15 is 0 Å². The minimum absolute atomic E-state index is 0.0898. The Morgan fingerprint density at radius 3 is 2.52 bits per heavy atom. The number of esters is 2. The molecule has 1 aliphatic rings. The largest absolute Gasteiger partial charge is 0.424 e. The highest BCUT2D eigenvalue weighted by molar-refractivity contribution is 5.82. The summed E-state index contributed by atoms with van der Waals surface area (Å²) < 4.78 is 10.5. The molecule has 0 N–H and O–H groups in total. The average molecular weight is 357 g/mol. The normalized spacial score (nSPS) is 21.7. The number of ether oxygens (including phenoxy) is 2. The first kappa shape index (κ1) is 21.5. The van der Waals surface area contributed by atoms with Crippen molar-refractivity contribution in [2.24, 2.45) is 0 Å². The molecule has 1 unspecified atom stereocenters. The van der Waals surface area contributed by atoms with Gasteiger partial charge in [-0.3, -0.25) is 29.1 Å². The molecule has 0 bridgehead atoms. The van der Waals surface area contributed by atoms with Crippen molar-refractivity contribution in [3.63, 3.8) is 0 Å². The number of cyclic esters (lactones) is 1. The van der Waals surface area contributed by atoms with Crippen LogP contribution in [0.3, 0.4) is 0 Å². The van der Waals surface area contributed by atoms with Gasteiger partial charge in [0, 0.05) is 13.1 Å². The van der Waals surface area contributed by atoms with Crippen molar-refractivity contribution in [1.82, 2.24) is 14.7 Å². The molecule has 144 valence electrons. The monoisotopic (exact) mass is 357 g/mol. The second kappa shape index (κ2) is 11.2. The lowest BCUT2D eigenvalue weighted by molar-refractivity contribution is -0.189. The van der Waals surface area contributed by atoms with Gasteiger partial charge in [0.05, 0.1) is 26.1 Å². The lowest BCUT2D eigenvalue weighted by Crippen LogP contribution is -2.36. The lowest BCUT2D eigenvalue weighted by atomic mass is 10.2. The molecule has 0 aliphatic carbocycles. The van der Waals surface area contributed by atoms with Crippen molar-refractivity contribution in [2.75, 3.05) is 60.4 Å². The number of carbonyl (C=O) groups is 3. The van der Waals surface area contributed by atoms with Crippen LogP contribution in [0.15, 0.2) is 0 Å². The van der Waals surface area contributed by atoms with Crippen molar-refractivity contribution in [1.29, 1.82) is 0 Å². The molecule has 1 saturated heterocycles. The number of nitrogens with zero attached hydrogens (tertiary/aromatic N) is 3. The minimum atomic E-state index is -1.16. The van der Waals surface area contributed by atoms with E-state index < -0.39 is 18.2 Å². The van der Waals surface area contributed by atoms with Crippen LogP contribution >= 0.6 is 0 Å². The molecule has 0 aromatic heterocycles. The first-order valence-corrected chi connectivity index (χ1v) is 8.76. The topological polar surface area (TPSA) is 79.4 Å². The Labute approximate surface area is 150 Å². The molecular formula is C17H31N3O5. The van der Waals surface area contributed by atoms with E-state index in [0.29, 0.717) is 13.1 Å². The summed E-state index contributed by atoms with van der Waals surface area (Å²) in [5.74, 6) is -1.13. The standard InChI is InChI=1S/C17H31N3O5/c1-5-6-7-18(2)12-15(22)24-17-10-14(21)11-19(3)8-9-20(4)13-16(23)25-17/h17H,5-13H2,1-4H3. The first-order valence-electron chi connectivity index (χ1n) is 8.76. The van der Waals surface area contributed by atoms with Gasteiger partial charge in [-0.1, -0.05) is 13.3 Å². The van der Waals surface area contributed by atoms with Crippen LogP contribution in [0.5, 0.6) is 0 Å². The van der Waals surface area contributed by atoms with Crippen molar-refractivity contribution < 1.29 is 23.9 Å². The summed E-state index contributed by atoms with van der Waals surface area (Å²) in [4.78, 5) is 41.7. The molecule has 0 aromatic rings. The molecule has 1 heterocycles. The molecule has 0 radical (unpaired) electrons. The number of hydrogen-bond donors (Lipinski definition) is 0. The molecule has 1 aliphatic heterocycles. The predicted molar refractivity (Wildman–Crippen MR) is 93.0 cm³/mol. The Morgan fingerprint density at radius 2 is 1.88 bits per heavy atom. The van der Waals surface area contributed by atoms with E-state index in [1.165, 1.54) is 0 Å². The number of rotatable bonds is 6. The van der Waals surface area contributed by atoms with Gasteiger partial charge in [0.2, 0.25) is 0 Å². The second-order valence-corrected chi connectivity index (χ2v) is 6.72. The van der Waals surface area contributed by atoms with E-state index in [0.717, 1.165) is 19.4 Å². The molecule has 8 nitrogen and oxygen atoms in total. The fraction of sp³-hybridized carbons (Fsp3) is 0.824. The van der Waals surface area contributed by atoms with Crippen LogP contribution in [0, 0.1) is 0 Å². The third-order valence-corrected chi connectivity index (χ3v) is 3.92. The van der Waals surface area contributed by atoms with Crippen LogP contribution in [-0.2, 0) is 23.9 Å². The highest BCUT2D eigenvalue weighted by Crippen LogP contribution is 2.07. The lowest BCUT2D eigenvalue weighted by Gasteiger charge is -2.21. The fourth-order valence-corrected chi connectivity index (χ4v) is 2.47. The van der Waals surface area contributed by atoms with E-state index in [1.54, 1.807) is 7.05 Å². The van der Waals surface area contributed by atoms with E-state index in [1.807, 2.05) is 28.8 Å². The highest BCUT2D eigenvalue weighted by Gasteiger charge is 2.25. The van der Waals surface area contributed by atoms with Crippen LogP contribution in [0.2, 0.25) is 0 Å². The van der Waals surface area contributed by atoms with Gasteiger partial charge >= 0.3 is 11.9 Å². The van der Waals surface area contributed by atoms with Crippen LogP contribution in [0.1, 0.15) is 26.2 Å². The third-order valence-electron chi connectivity index (χ3n) is 3.92. The number of hydrogen-bond acceptors (Lipinski definition) is 8. The van der Waals surface area contributed by atoms with E-state index in [-0.39, 0.29) is 31.8 Å². The zero-order chi connectivity index (χ0) is 18.8. The van der Waals surface area contributed by atoms with Gasteiger partial charge in [-0.15, -0.1) is 0 Å². The molecule has 1 fully saturated rings. The van der Waals surface area contributed by atoms with Crippen LogP contribution in [0.4, 0.5) is 0 Å². The minimum Gasteiger partial charge on any atom is -0.424 e. The molecule has 25 heavy (non-hydrogen) atoms. The van der Waals surface area contributed by atoms with E-state index in [9.17, 15) is 14.4 Å². The van der Waals surface area contributed by atoms with Crippen molar-refractivity contribution in [3.8, 4) is 0 Å². The third kappa shape index (κ3) is 9.52. The van der Waals surface area contributed by atoms with Crippen molar-refractivity contribution >= 4 is 17.7 Å². The molecule has 8 heteroatoms. The number of likely N-dealkylation sites (N-methyl/N-ethyl adjacent to an activating group) is 3. The smallest absolute Gasteiger partial charge is 0.323 e. The Kier molecular flexibility index (Phi) is 9.62. The maximum absolute atomic E-state index is 12.1. The van der Waals surface area contributed by atoms with Gasteiger partial charge in [0.1, 0.15) is 0 Å². The first-order chi connectivity index (χ1) is 11.8. The van der Waals surface area contributed by atoms with Gasteiger partial charge in [-0.25, -0.2) is 0 Å². The molecule has 1 rings (SSSR count). The summed E-state index contributed by atoms with van der Waals surface area (Å²) in [5.41, 5.74) is 0. The quantitative estimate of drug-likeness (QED) is 0.613. The highest BCUT2D eigenvalue weighted by atomic mass is 16.7. The van der Waals surface area contributed by atoms with Gasteiger partial charge in [0.25, 0.3) is 6.29 Å². The predicted octanol–water partition coefficient (Wildman–Crippen LogP) is -0.0328. The maximum atomic E-state index is 12.1. The molecule has 0 aromatic carbocycles. The Hall–Kier alpha value is -1.51. The van der Waals surface area contributed by atoms with E-state index in [2.05, 4.69) is 6.92 Å². The number of ketones is 1. The summed E-state index contributed by atoms with van der Waals surface area (Å²) in [6.07, 6.45) is 0.741. The maximum Gasteiger partial charge on any atom is 0.323 e.